The molecule has 1 atom stereocenters. The van der Waals surface area contributed by atoms with E-state index in [0.717, 1.165) is 0 Å². The SMILES string of the molecule is N[C@H](CO)C(=O)Nc1cccc(Oc2ccccc2)c1.O=C(O)C(F)(F)F. The van der Waals surface area contributed by atoms with Crippen molar-refractivity contribution in [1.82, 2.24) is 0 Å². The zero-order valence-electron chi connectivity index (χ0n) is 13.8. The number of alkyl halides is 3. The Hall–Kier alpha value is -3.11. The minimum Gasteiger partial charge on any atom is -0.475 e. The van der Waals surface area contributed by atoms with Crippen LogP contribution in [0.15, 0.2) is 54.6 Å². The maximum atomic E-state index is 11.6. The molecule has 2 rings (SSSR count). The Morgan fingerprint density at radius 3 is 2.15 bits per heavy atom. The lowest BCUT2D eigenvalue weighted by Gasteiger charge is -2.11. The minimum atomic E-state index is -5.08. The van der Waals surface area contributed by atoms with Crippen molar-refractivity contribution in [3.63, 3.8) is 0 Å². The number of amides is 1. The average Bonchev–Trinajstić information content (AvgIpc) is 2.62. The summed E-state index contributed by atoms with van der Waals surface area (Å²) in [6, 6.07) is 15.4. The summed E-state index contributed by atoms with van der Waals surface area (Å²) in [5.41, 5.74) is 5.99. The number of nitrogens with two attached hydrogens (primary N) is 1. The second-order valence-electron chi connectivity index (χ2n) is 5.02. The van der Waals surface area contributed by atoms with Crippen LogP contribution in [0.1, 0.15) is 0 Å². The standard InChI is InChI=1S/C15H16N2O3.C2HF3O2/c16-14(10-18)15(19)17-11-5-4-8-13(9-11)20-12-6-2-1-3-7-12;3-2(4,5)1(6)7/h1-9,14,18H,10,16H2,(H,17,19);(H,6,7)/t14-;/m1./s1. The topological polar surface area (TPSA) is 122 Å². The second kappa shape index (κ2) is 10.1. The molecule has 27 heavy (non-hydrogen) atoms. The fraction of sp³-hybridized carbons (Fsp3) is 0.176. The van der Waals surface area contributed by atoms with E-state index >= 15 is 0 Å². The van der Waals surface area contributed by atoms with Crippen molar-refractivity contribution in [1.29, 1.82) is 0 Å². The molecule has 0 unspecified atom stereocenters. The number of aliphatic hydroxyl groups excluding tert-OH is 1. The monoisotopic (exact) mass is 386 g/mol. The van der Waals surface area contributed by atoms with Gasteiger partial charge in [0.05, 0.1) is 6.61 Å². The molecule has 0 fully saturated rings. The van der Waals surface area contributed by atoms with Gasteiger partial charge in [-0.3, -0.25) is 4.79 Å². The molecule has 0 aromatic heterocycles. The van der Waals surface area contributed by atoms with Crippen molar-refractivity contribution in [2.75, 3.05) is 11.9 Å². The fourth-order valence-corrected chi connectivity index (χ4v) is 1.58. The summed E-state index contributed by atoms with van der Waals surface area (Å²) in [5.74, 6) is -1.88. The van der Waals surface area contributed by atoms with E-state index in [1.54, 1.807) is 24.3 Å². The predicted molar refractivity (Wildman–Crippen MR) is 90.3 cm³/mol. The Balaban J connectivity index is 0.000000445. The number of carbonyl (C=O) groups is 2. The molecule has 0 spiro atoms. The van der Waals surface area contributed by atoms with Crippen LogP contribution in [0.5, 0.6) is 11.5 Å². The molecule has 0 aliphatic carbocycles. The number of benzene rings is 2. The van der Waals surface area contributed by atoms with Crippen molar-refractivity contribution in [3.05, 3.63) is 54.6 Å². The van der Waals surface area contributed by atoms with E-state index in [1.807, 2.05) is 30.3 Å². The summed E-state index contributed by atoms with van der Waals surface area (Å²) < 4.78 is 37.4. The van der Waals surface area contributed by atoms with Crippen LogP contribution in [0.25, 0.3) is 0 Å². The number of halogens is 3. The molecule has 0 radical (unpaired) electrons. The first-order valence-corrected chi connectivity index (χ1v) is 7.44. The Labute approximate surface area is 152 Å². The molecule has 146 valence electrons. The van der Waals surface area contributed by atoms with Gasteiger partial charge in [-0.2, -0.15) is 13.2 Å². The van der Waals surface area contributed by atoms with Gasteiger partial charge in [0.1, 0.15) is 17.5 Å². The Bertz CT molecular complexity index is 754. The first-order chi connectivity index (χ1) is 12.6. The van der Waals surface area contributed by atoms with Crippen LogP contribution in [0.4, 0.5) is 18.9 Å². The number of aliphatic carboxylic acids is 1. The zero-order valence-corrected chi connectivity index (χ0v) is 13.8. The van der Waals surface area contributed by atoms with Crippen LogP contribution in [0.3, 0.4) is 0 Å². The van der Waals surface area contributed by atoms with Gasteiger partial charge in [0.15, 0.2) is 0 Å². The molecule has 10 heteroatoms. The summed E-state index contributed by atoms with van der Waals surface area (Å²) in [5, 5.41) is 18.6. The van der Waals surface area contributed by atoms with Crippen molar-refractivity contribution in [2.45, 2.75) is 12.2 Å². The third-order valence-corrected chi connectivity index (χ3v) is 2.86. The predicted octanol–water partition coefficient (Wildman–Crippen LogP) is 2.37. The largest absolute Gasteiger partial charge is 0.490 e. The van der Waals surface area contributed by atoms with Crippen molar-refractivity contribution in [3.8, 4) is 11.5 Å². The molecular formula is C17H17F3N2O5. The normalized spacial score (nSPS) is 11.6. The smallest absolute Gasteiger partial charge is 0.475 e. The van der Waals surface area contributed by atoms with Gasteiger partial charge in [0.25, 0.3) is 0 Å². The number of hydrogen-bond donors (Lipinski definition) is 4. The van der Waals surface area contributed by atoms with Crippen LogP contribution >= 0.6 is 0 Å². The number of para-hydroxylation sites is 1. The highest BCUT2D eigenvalue weighted by Crippen LogP contribution is 2.23. The molecule has 2 aromatic carbocycles. The number of nitrogens with one attached hydrogen (secondary N) is 1. The zero-order chi connectivity index (χ0) is 20.4. The fourth-order valence-electron chi connectivity index (χ4n) is 1.58. The van der Waals surface area contributed by atoms with E-state index in [9.17, 15) is 18.0 Å². The van der Waals surface area contributed by atoms with Crippen molar-refractivity contribution in [2.24, 2.45) is 5.73 Å². The van der Waals surface area contributed by atoms with E-state index in [2.05, 4.69) is 5.32 Å². The minimum absolute atomic E-state index is 0.397. The van der Waals surface area contributed by atoms with Gasteiger partial charge in [-0.1, -0.05) is 24.3 Å². The summed E-state index contributed by atoms with van der Waals surface area (Å²) in [6.07, 6.45) is -5.08. The maximum absolute atomic E-state index is 11.6. The lowest BCUT2D eigenvalue weighted by Crippen LogP contribution is -2.38. The van der Waals surface area contributed by atoms with Gasteiger partial charge in [-0.05, 0) is 24.3 Å². The summed E-state index contributed by atoms with van der Waals surface area (Å²) in [7, 11) is 0. The molecule has 0 heterocycles. The van der Waals surface area contributed by atoms with E-state index < -0.39 is 30.7 Å². The quantitative estimate of drug-likeness (QED) is 0.626. The van der Waals surface area contributed by atoms with E-state index in [4.69, 9.17) is 25.5 Å². The molecule has 5 N–H and O–H groups in total. The Morgan fingerprint density at radius 1 is 1.07 bits per heavy atom. The molecule has 1 amide bonds. The summed E-state index contributed by atoms with van der Waals surface area (Å²) in [4.78, 5) is 20.5. The number of anilines is 1. The van der Waals surface area contributed by atoms with Gasteiger partial charge >= 0.3 is 12.1 Å². The number of rotatable bonds is 5. The van der Waals surface area contributed by atoms with Crippen LogP contribution < -0.4 is 15.8 Å². The molecule has 0 saturated carbocycles. The first-order valence-electron chi connectivity index (χ1n) is 7.44. The third-order valence-electron chi connectivity index (χ3n) is 2.86. The van der Waals surface area contributed by atoms with Gasteiger partial charge < -0.3 is 26.0 Å². The second-order valence-corrected chi connectivity index (χ2v) is 5.02. The van der Waals surface area contributed by atoms with Crippen LogP contribution in [0.2, 0.25) is 0 Å². The van der Waals surface area contributed by atoms with Crippen LogP contribution in [0, 0.1) is 0 Å². The van der Waals surface area contributed by atoms with Gasteiger partial charge in [0, 0.05) is 11.8 Å². The average molecular weight is 386 g/mol. The van der Waals surface area contributed by atoms with Crippen LogP contribution in [-0.2, 0) is 9.59 Å². The molecule has 0 saturated heterocycles. The van der Waals surface area contributed by atoms with E-state index in [0.29, 0.717) is 17.2 Å². The Kier molecular flexibility index (Phi) is 8.24. The number of ether oxygens (including phenoxy) is 1. The molecular weight excluding hydrogens is 369 g/mol. The van der Waals surface area contributed by atoms with E-state index in [-0.39, 0.29) is 0 Å². The van der Waals surface area contributed by atoms with Gasteiger partial charge in [0.2, 0.25) is 5.91 Å². The Morgan fingerprint density at radius 2 is 1.63 bits per heavy atom. The van der Waals surface area contributed by atoms with E-state index in [1.165, 1.54) is 0 Å². The lowest BCUT2D eigenvalue weighted by molar-refractivity contribution is -0.192. The number of aliphatic hydroxyl groups is 1. The van der Waals surface area contributed by atoms with Crippen molar-refractivity contribution >= 4 is 17.6 Å². The molecule has 2 aromatic rings. The van der Waals surface area contributed by atoms with Gasteiger partial charge in [-0.15, -0.1) is 0 Å². The highest BCUT2D eigenvalue weighted by Gasteiger charge is 2.38. The lowest BCUT2D eigenvalue weighted by atomic mass is 10.2. The first kappa shape index (κ1) is 21.9. The van der Waals surface area contributed by atoms with Crippen LogP contribution in [-0.4, -0.2) is 40.9 Å². The summed E-state index contributed by atoms with van der Waals surface area (Å²) >= 11 is 0. The maximum Gasteiger partial charge on any atom is 0.490 e. The number of carboxylic acids is 1. The number of carbonyl (C=O) groups excluding carboxylic acids is 1. The highest BCUT2D eigenvalue weighted by molar-refractivity contribution is 5.94. The molecule has 0 aliphatic rings. The van der Waals surface area contributed by atoms with Crippen molar-refractivity contribution < 1.29 is 37.7 Å². The number of hydrogen-bond acceptors (Lipinski definition) is 5. The summed E-state index contributed by atoms with van der Waals surface area (Å²) in [6.45, 7) is -0.397. The molecule has 7 nitrogen and oxygen atoms in total. The number of carboxylic acid groups (broad SMARTS) is 1. The highest BCUT2D eigenvalue weighted by atomic mass is 19.4. The van der Waals surface area contributed by atoms with Gasteiger partial charge in [-0.25, -0.2) is 4.79 Å². The molecule has 0 bridgehead atoms. The third kappa shape index (κ3) is 8.21. The molecule has 0 aliphatic heterocycles.